The van der Waals surface area contributed by atoms with Crippen molar-refractivity contribution in [3.05, 3.63) is 12.1 Å². The zero-order valence-electron chi connectivity index (χ0n) is 9.33. The third kappa shape index (κ3) is 3.70. The van der Waals surface area contributed by atoms with Crippen LogP contribution in [0, 0.1) is 0 Å². The molecule has 0 saturated heterocycles. The second-order valence-electron chi connectivity index (χ2n) is 3.18. The third-order valence-corrected chi connectivity index (χ3v) is 1.79. The Morgan fingerprint density at radius 3 is 1.80 bits per heavy atom. The minimum Gasteiger partial charge on any atom is -0.469 e. The molecule has 0 aliphatic carbocycles. The molecule has 0 aromatic rings. The zero-order chi connectivity index (χ0) is 16.4. The van der Waals surface area contributed by atoms with Gasteiger partial charge in [-0.05, 0) is 0 Å². The van der Waals surface area contributed by atoms with Gasteiger partial charge in [-0.15, -0.1) is 0 Å². The van der Waals surface area contributed by atoms with Gasteiger partial charge in [0.25, 0.3) is 0 Å². The molecule has 118 valence electrons. The van der Waals surface area contributed by atoms with Gasteiger partial charge in [0.1, 0.15) is 6.42 Å². The quantitative estimate of drug-likeness (QED) is 0.427. The fourth-order valence-corrected chi connectivity index (χ4v) is 0.793. The number of ether oxygens (including phenoxy) is 2. The van der Waals surface area contributed by atoms with E-state index >= 15 is 0 Å². The fourth-order valence-electron chi connectivity index (χ4n) is 0.793. The minimum atomic E-state index is -6.46. The predicted molar refractivity (Wildman–Crippen MR) is 42.9 cm³/mol. The van der Waals surface area contributed by atoms with E-state index < -0.39 is 42.4 Å². The maximum atomic E-state index is 12.8. The molecule has 0 unspecified atom stereocenters. The summed E-state index contributed by atoms with van der Waals surface area (Å²) < 4.78 is 117. The molecule has 0 radical (unpaired) electrons. The maximum absolute atomic E-state index is 12.8. The highest BCUT2D eigenvalue weighted by atomic mass is 19.4. The molecule has 0 aliphatic rings. The third-order valence-electron chi connectivity index (χ3n) is 1.79. The molecule has 0 rings (SSSR count). The first-order chi connectivity index (χ1) is 8.78. The molecule has 0 amide bonds. The Hall–Kier alpha value is -1.62. The summed E-state index contributed by atoms with van der Waals surface area (Å²) in [6.07, 6.45) is -12.4. The number of rotatable bonds is 6. The van der Waals surface area contributed by atoms with E-state index in [2.05, 4.69) is 9.47 Å². The molecule has 0 aliphatic heterocycles. The van der Waals surface area contributed by atoms with Crippen LogP contribution in [0.15, 0.2) is 12.1 Å². The van der Waals surface area contributed by atoms with E-state index in [9.17, 15) is 44.3 Å². The zero-order valence-corrected chi connectivity index (χ0v) is 9.33. The van der Waals surface area contributed by atoms with Gasteiger partial charge in [-0.1, -0.05) is 0 Å². The molecule has 12 heteroatoms. The SMILES string of the molecule is COC(=O)CC(F)(F)C(F)(F)C(F)(F)OC(F)=C(F)F. The largest absolute Gasteiger partial charge is 0.472 e. The lowest BCUT2D eigenvalue weighted by molar-refractivity contribution is -0.392. The maximum Gasteiger partial charge on any atom is 0.472 e. The van der Waals surface area contributed by atoms with Gasteiger partial charge in [-0.25, -0.2) is 0 Å². The van der Waals surface area contributed by atoms with Crippen molar-refractivity contribution in [1.29, 1.82) is 0 Å². The van der Waals surface area contributed by atoms with Crippen LogP contribution < -0.4 is 0 Å². The molecule has 0 aromatic carbocycles. The first-order valence-electron chi connectivity index (χ1n) is 4.38. The van der Waals surface area contributed by atoms with E-state index in [1.54, 1.807) is 0 Å². The number of hydrogen-bond donors (Lipinski definition) is 0. The molecule has 0 bridgehead atoms. The summed E-state index contributed by atoms with van der Waals surface area (Å²) in [7, 11) is 0.506. The average Bonchev–Trinajstić information content (AvgIpc) is 2.26. The normalized spacial score (nSPS) is 12.9. The van der Waals surface area contributed by atoms with Gasteiger partial charge in [0, 0.05) is 0 Å². The second-order valence-corrected chi connectivity index (χ2v) is 3.18. The molecule has 20 heavy (non-hydrogen) atoms. The van der Waals surface area contributed by atoms with Crippen molar-refractivity contribution in [3.8, 4) is 0 Å². The van der Waals surface area contributed by atoms with Crippen molar-refractivity contribution in [3.63, 3.8) is 0 Å². The van der Waals surface area contributed by atoms with E-state index in [1.807, 2.05) is 0 Å². The molecular formula is C8H5F9O3. The first kappa shape index (κ1) is 18.4. The number of methoxy groups -OCH3 is 1. The Morgan fingerprint density at radius 2 is 1.45 bits per heavy atom. The van der Waals surface area contributed by atoms with Gasteiger partial charge in [0.2, 0.25) is 0 Å². The molecule has 0 heterocycles. The van der Waals surface area contributed by atoms with Crippen LogP contribution in [-0.2, 0) is 14.3 Å². The van der Waals surface area contributed by atoms with Crippen LogP contribution in [0.25, 0.3) is 0 Å². The Bertz CT molecular complexity index is 400. The van der Waals surface area contributed by atoms with Gasteiger partial charge < -0.3 is 9.47 Å². The molecule has 0 aromatic heterocycles. The predicted octanol–water partition coefficient (Wildman–Crippen LogP) is 3.46. The Kier molecular flexibility index (Phi) is 5.32. The summed E-state index contributed by atoms with van der Waals surface area (Å²) >= 11 is 0. The number of halogens is 9. The summed E-state index contributed by atoms with van der Waals surface area (Å²) in [6, 6.07) is -3.46. The Morgan fingerprint density at radius 1 is 1.00 bits per heavy atom. The number of carbonyl (C=O) groups excluding carboxylic acids is 1. The Labute approximate surface area is 104 Å². The lowest BCUT2D eigenvalue weighted by Crippen LogP contribution is -2.56. The molecule has 0 atom stereocenters. The molecule has 0 N–H and O–H groups in total. The van der Waals surface area contributed by atoms with Crippen LogP contribution in [0.4, 0.5) is 39.5 Å². The van der Waals surface area contributed by atoms with Crippen molar-refractivity contribution in [2.75, 3.05) is 7.11 Å². The van der Waals surface area contributed by atoms with E-state index in [0.29, 0.717) is 7.11 Å². The van der Waals surface area contributed by atoms with Crippen LogP contribution in [-0.4, -0.2) is 31.0 Å². The summed E-state index contributed by atoms with van der Waals surface area (Å²) in [5, 5.41) is 0. The van der Waals surface area contributed by atoms with Gasteiger partial charge in [0.15, 0.2) is 0 Å². The first-order valence-corrected chi connectivity index (χ1v) is 4.38. The average molecular weight is 320 g/mol. The number of alkyl halides is 6. The topological polar surface area (TPSA) is 35.5 Å². The van der Waals surface area contributed by atoms with Gasteiger partial charge in [-0.3, -0.25) is 4.79 Å². The second kappa shape index (κ2) is 5.79. The van der Waals surface area contributed by atoms with Crippen LogP contribution in [0.5, 0.6) is 0 Å². The lowest BCUT2D eigenvalue weighted by atomic mass is 10.1. The van der Waals surface area contributed by atoms with E-state index in [-0.39, 0.29) is 0 Å². The van der Waals surface area contributed by atoms with Gasteiger partial charge in [-0.2, -0.15) is 39.5 Å². The summed E-state index contributed by atoms with van der Waals surface area (Å²) in [5.41, 5.74) is 0. The number of carbonyl (C=O) groups is 1. The van der Waals surface area contributed by atoms with E-state index in [1.165, 1.54) is 0 Å². The fraction of sp³-hybridized carbons (Fsp3) is 0.625. The summed E-state index contributed by atoms with van der Waals surface area (Å²) in [4.78, 5) is 10.4. The molecular weight excluding hydrogens is 315 g/mol. The smallest absolute Gasteiger partial charge is 0.469 e. The van der Waals surface area contributed by atoms with Crippen molar-refractivity contribution in [1.82, 2.24) is 0 Å². The van der Waals surface area contributed by atoms with Crippen molar-refractivity contribution >= 4 is 5.97 Å². The highest BCUT2D eigenvalue weighted by molar-refractivity contribution is 5.70. The van der Waals surface area contributed by atoms with Crippen molar-refractivity contribution in [2.45, 2.75) is 24.4 Å². The van der Waals surface area contributed by atoms with Crippen LogP contribution >= 0.6 is 0 Å². The summed E-state index contributed by atoms with van der Waals surface area (Å²) in [5.74, 6) is -14.2. The van der Waals surface area contributed by atoms with E-state index in [4.69, 9.17) is 0 Å². The Balaban J connectivity index is 5.37. The van der Waals surface area contributed by atoms with Crippen LogP contribution in [0.1, 0.15) is 6.42 Å². The summed E-state index contributed by atoms with van der Waals surface area (Å²) in [6.45, 7) is 0. The van der Waals surface area contributed by atoms with Crippen molar-refractivity contribution < 1.29 is 53.8 Å². The number of hydrogen-bond acceptors (Lipinski definition) is 3. The lowest BCUT2D eigenvalue weighted by Gasteiger charge is -2.30. The number of esters is 1. The van der Waals surface area contributed by atoms with Crippen LogP contribution in [0.3, 0.4) is 0 Å². The highest BCUT2D eigenvalue weighted by Crippen LogP contribution is 2.49. The van der Waals surface area contributed by atoms with Crippen molar-refractivity contribution in [2.24, 2.45) is 0 Å². The molecule has 3 nitrogen and oxygen atoms in total. The minimum absolute atomic E-state index is 0.506. The molecule has 0 spiro atoms. The van der Waals surface area contributed by atoms with Gasteiger partial charge in [0.05, 0.1) is 7.11 Å². The molecule has 0 saturated carbocycles. The standard InChI is InChI=1S/C8H5F9O3/c1-19-3(18)2-6(12,13)7(14,15)8(16,17)20-5(11)4(9)10/h2H2,1H3. The van der Waals surface area contributed by atoms with E-state index in [0.717, 1.165) is 0 Å². The monoisotopic (exact) mass is 320 g/mol. The highest BCUT2D eigenvalue weighted by Gasteiger charge is 2.75. The molecule has 0 fully saturated rings. The van der Waals surface area contributed by atoms with Gasteiger partial charge >= 0.3 is 36.0 Å². The van der Waals surface area contributed by atoms with Crippen LogP contribution in [0.2, 0.25) is 0 Å².